The molecule has 0 radical (unpaired) electrons. The van der Waals surface area contributed by atoms with Crippen molar-refractivity contribution in [3.63, 3.8) is 0 Å². The van der Waals surface area contributed by atoms with Crippen molar-refractivity contribution in [3.8, 4) is 11.8 Å². The van der Waals surface area contributed by atoms with Crippen LogP contribution in [0.1, 0.15) is 41.5 Å². The number of rotatable bonds is 0. The van der Waals surface area contributed by atoms with E-state index in [0.29, 0.717) is 0 Å². The molecular weight excluding hydrogens is 144 g/mol. The van der Waals surface area contributed by atoms with Gasteiger partial charge < -0.3 is 0 Å². The third-order valence-corrected chi connectivity index (χ3v) is 1.11. The van der Waals surface area contributed by atoms with Crippen molar-refractivity contribution in [3.05, 3.63) is 12.2 Å². The van der Waals surface area contributed by atoms with Crippen LogP contribution in [0.5, 0.6) is 0 Å². The topological polar surface area (TPSA) is 0 Å². The highest BCUT2D eigenvalue weighted by molar-refractivity contribution is 5.20. The average Bonchev–Trinajstić information content (AvgIpc) is 1.76. The van der Waals surface area contributed by atoms with Gasteiger partial charge in [-0.05, 0) is 32.3 Å². The fourth-order valence-corrected chi connectivity index (χ4v) is 0.550. The molecule has 0 saturated heterocycles. The molecule has 0 atom stereocenters. The third-order valence-electron chi connectivity index (χ3n) is 1.11. The molecule has 0 saturated carbocycles. The maximum absolute atomic E-state index is 3.16. The summed E-state index contributed by atoms with van der Waals surface area (Å²) < 4.78 is 0. The Labute approximate surface area is 77.1 Å². The van der Waals surface area contributed by atoms with Crippen LogP contribution in [0.15, 0.2) is 12.2 Å². The molecule has 0 fully saturated rings. The zero-order chi connectivity index (χ0) is 9.83. The number of hydrogen-bond donors (Lipinski definition) is 0. The van der Waals surface area contributed by atoms with Crippen LogP contribution in [0, 0.1) is 22.7 Å². The molecular formula is C12H20. The van der Waals surface area contributed by atoms with Crippen LogP contribution >= 0.6 is 0 Å². The molecule has 0 aromatic carbocycles. The van der Waals surface area contributed by atoms with Crippen LogP contribution < -0.4 is 0 Å². The normalized spacial score (nSPS) is 12.8. The zero-order valence-electron chi connectivity index (χ0n) is 9.15. The molecule has 0 spiro atoms. The Bertz CT molecular complexity index is 207. The van der Waals surface area contributed by atoms with Crippen molar-refractivity contribution >= 4 is 0 Å². The summed E-state index contributed by atoms with van der Waals surface area (Å²) in [5, 5.41) is 0. The maximum Gasteiger partial charge on any atom is 0.0233 e. The van der Waals surface area contributed by atoms with Crippen LogP contribution in [-0.4, -0.2) is 0 Å². The monoisotopic (exact) mass is 164 g/mol. The molecule has 0 unspecified atom stereocenters. The fraction of sp³-hybridized carbons (Fsp3) is 0.667. The van der Waals surface area contributed by atoms with Crippen molar-refractivity contribution < 1.29 is 0 Å². The van der Waals surface area contributed by atoms with Gasteiger partial charge in [-0.2, -0.15) is 0 Å². The van der Waals surface area contributed by atoms with Gasteiger partial charge in [0.05, 0.1) is 0 Å². The van der Waals surface area contributed by atoms with Crippen molar-refractivity contribution in [1.82, 2.24) is 0 Å². The van der Waals surface area contributed by atoms with Crippen LogP contribution in [0.3, 0.4) is 0 Å². The molecule has 0 N–H and O–H groups in total. The number of allylic oxidation sites excluding steroid dienone is 2. The summed E-state index contributed by atoms with van der Waals surface area (Å²) in [6, 6.07) is 0. The van der Waals surface area contributed by atoms with E-state index in [4.69, 9.17) is 0 Å². The van der Waals surface area contributed by atoms with Crippen LogP contribution in [0.2, 0.25) is 0 Å². The lowest BCUT2D eigenvalue weighted by molar-refractivity contribution is 0.544. The van der Waals surface area contributed by atoms with E-state index in [-0.39, 0.29) is 10.8 Å². The predicted octanol–water partition coefficient (Wildman–Crippen LogP) is 3.64. The highest BCUT2D eigenvalue weighted by Gasteiger charge is 2.03. The minimum Gasteiger partial charge on any atom is -0.0926 e. The molecule has 0 aliphatic heterocycles. The van der Waals surface area contributed by atoms with E-state index in [1.54, 1.807) is 0 Å². The smallest absolute Gasteiger partial charge is 0.0233 e. The second-order valence-corrected chi connectivity index (χ2v) is 5.22. The Kier molecular flexibility index (Phi) is 3.58. The minimum absolute atomic E-state index is 0.113. The largest absolute Gasteiger partial charge is 0.0926 e. The zero-order valence-corrected chi connectivity index (χ0v) is 9.15. The standard InChI is InChI=1S/C12H20/c1-11(2,3)9-7-8-10-12(4,5)6/h7,9H,1-6H3/b9-7-. The highest BCUT2D eigenvalue weighted by Crippen LogP contribution is 2.14. The van der Waals surface area contributed by atoms with Crippen LogP contribution in [0.4, 0.5) is 0 Å². The minimum atomic E-state index is 0.113. The molecule has 0 amide bonds. The summed E-state index contributed by atoms with van der Waals surface area (Å²) in [4.78, 5) is 0. The van der Waals surface area contributed by atoms with Gasteiger partial charge in [0, 0.05) is 5.41 Å². The molecule has 0 aromatic rings. The Morgan fingerprint density at radius 1 is 0.917 bits per heavy atom. The molecule has 0 bridgehead atoms. The Balaban J connectivity index is 4.13. The Morgan fingerprint density at radius 3 is 1.75 bits per heavy atom. The van der Waals surface area contributed by atoms with Crippen molar-refractivity contribution in [1.29, 1.82) is 0 Å². The van der Waals surface area contributed by atoms with Gasteiger partial charge in [-0.25, -0.2) is 0 Å². The van der Waals surface area contributed by atoms with E-state index >= 15 is 0 Å². The van der Waals surface area contributed by atoms with Crippen LogP contribution in [0.25, 0.3) is 0 Å². The summed E-state index contributed by atoms with van der Waals surface area (Å²) in [7, 11) is 0. The van der Waals surface area contributed by atoms with E-state index in [9.17, 15) is 0 Å². The van der Waals surface area contributed by atoms with E-state index < -0.39 is 0 Å². The molecule has 0 aliphatic rings. The van der Waals surface area contributed by atoms with E-state index in [0.717, 1.165) is 0 Å². The lowest BCUT2D eigenvalue weighted by Gasteiger charge is -2.10. The summed E-state index contributed by atoms with van der Waals surface area (Å²) in [5.41, 5.74) is 0.356. The Morgan fingerprint density at radius 2 is 1.42 bits per heavy atom. The quantitative estimate of drug-likeness (QED) is 0.479. The fourth-order valence-electron chi connectivity index (χ4n) is 0.550. The van der Waals surface area contributed by atoms with Gasteiger partial charge in [-0.3, -0.25) is 0 Å². The second-order valence-electron chi connectivity index (χ2n) is 5.22. The van der Waals surface area contributed by atoms with Crippen LogP contribution in [-0.2, 0) is 0 Å². The summed E-state index contributed by atoms with van der Waals surface area (Å²) >= 11 is 0. The molecule has 0 heteroatoms. The highest BCUT2D eigenvalue weighted by atomic mass is 14.1. The first-order valence-electron chi connectivity index (χ1n) is 4.41. The number of hydrogen-bond acceptors (Lipinski definition) is 0. The molecule has 0 aromatic heterocycles. The SMILES string of the molecule is CC(C)(C)C#C/C=C\C(C)(C)C. The van der Waals surface area contributed by atoms with Crippen molar-refractivity contribution in [2.24, 2.45) is 10.8 Å². The summed E-state index contributed by atoms with van der Waals surface area (Å²) in [6.07, 6.45) is 4.08. The lowest BCUT2D eigenvalue weighted by atomic mass is 9.95. The van der Waals surface area contributed by atoms with Gasteiger partial charge in [-0.1, -0.05) is 38.7 Å². The maximum atomic E-state index is 3.16. The van der Waals surface area contributed by atoms with Crippen molar-refractivity contribution in [2.45, 2.75) is 41.5 Å². The molecule has 0 heterocycles. The summed E-state index contributed by atoms with van der Waals surface area (Å²) in [6.45, 7) is 12.9. The van der Waals surface area contributed by atoms with E-state index in [1.165, 1.54) is 0 Å². The summed E-state index contributed by atoms with van der Waals surface area (Å²) in [5.74, 6) is 6.21. The average molecular weight is 164 g/mol. The first kappa shape index (κ1) is 11.3. The predicted molar refractivity (Wildman–Crippen MR) is 55.8 cm³/mol. The molecule has 0 aliphatic carbocycles. The first-order chi connectivity index (χ1) is 5.21. The van der Waals surface area contributed by atoms with Gasteiger partial charge in [-0.15, -0.1) is 0 Å². The van der Waals surface area contributed by atoms with Gasteiger partial charge in [0.25, 0.3) is 0 Å². The Hall–Kier alpha value is -0.700. The molecule has 0 nitrogen and oxygen atoms in total. The van der Waals surface area contributed by atoms with Gasteiger partial charge in [0.1, 0.15) is 0 Å². The molecule has 0 rings (SSSR count). The first-order valence-corrected chi connectivity index (χ1v) is 4.41. The van der Waals surface area contributed by atoms with E-state index in [1.807, 2.05) is 6.08 Å². The second kappa shape index (κ2) is 3.81. The third kappa shape index (κ3) is 9.30. The lowest BCUT2D eigenvalue weighted by Crippen LogP contribution is -1.99. The van der Waals surface area contributed by atoms with Gasteiger partial charge >= 0.3 is 0 Å². The molecule has 12 heavy (non-hydrogen) atoms. The van der Waals surface area contributed by atoms with Gasteiger partial charge in [0.2, 0.25) is 0 Å². The van der Waals surface area contributed by atoms with Gasteiger partial charge in [0.15, 0.2) is 0 Å². The molecule has 68 valence electrons. The van der Waals surface area contributed by atoms with Crippen molar-refractivity contribution in [2.75, 3.05) is 0 Å². The van der Waals surface area contributed by atoms with E-state index in [2.05, 4.69) is 59.5 Å².